The van der Waals surface area contributed by atoms with Gasteiger partial charge in [0.15, 0.2) is 0 Å². The topological polar surface area (TPSA) is 61.4 Å². The summed E-state index contributed by atoms with van der Waals surface area (Å²) in [5.74, 6) is 0.505. The quantitative estimate of drug-likeness (QED) is 0.931. The van der Waals surface area contributed by atoms with E-state index in [-0.39, 0.29) is 17.9 Å². The lowest BCUT2D eigenvalue weighted by molar-refractivity contribution is 0.200. The van der Waals surface area contributed by atoms with Gasteiger partial charge in [0.2, 0.25) is 0 Å². The number of benzene rings is 1. The zero-order valence-corrected chi connectivity index (χ0v) is 14.4. The molecule has 2 aromatic rings. The minimum atomic E-state index is -0.236. The van der Waals surface area contributed by atoms with Gasteiger partial charge in [-0.1, -0.05) is 19.1 Å². The van der Waals surface area contributed by atoms with Crippen LogP contribution in [0.25, 0.3) is 0 Å². The Morgan fingerprint density at radius 1 is 1.28 bits per heavy atom. The summed E-state index contributed by atoms with van der Waals surface area (Å²) in [7, 11) is 0. The SMILES string of the molecule is CCc1ncc(NC(=O)N2CCN(c3ccccc3F)C(C)C2)cn1. The molecule has 1 aromatic carbocycles. The summed E-state index contributed by atoms with van der Waals surface area (Å²) in [6.07, 6.45) is 3.98. The van der Waals surface area contributed by atoms with Crippen molar-refractivity contribution in [3.05, 3.63) is 48.3 Å². The highest BCUT2D eigenvalue weighted by atomic mass is 19.1. The third-order valence-corrected chi connectivity index (χ3v) is 4.35. The number of aromatic nitrogens is 2. The number of hydrogen-bond donors (Lipinski definition) is 1. The van der Waals surface area contributed by atoms with Gasteiger partial charge in [-0.05, 0) is 19.1 Å². The number of anilines is 2. The zero-order chi connectivity index (χ0) is 17.8. The number of amides is 2. The van der Waals surface area contributed by atoms with Gasteiger partial charge in [0.1, 0.15) is 11.6 Å². The molecule has 1 N–H and O–H groups in total. The summed E-state index contributed by atoms with van der Waals surface area (Å²) in [4.78, 5) is 24.5. The van der Waals surface area contributed by atoms with E-state index in [0.717, 1.165) is 12.2 Å². The van der Waals surface area contributed by atoms with Gasteiger partial charge in [0.05, 0.1) is 23.8 Å². The molecule has 0 bridgehead atoms. The van der Waals surface area contributed by atoms with Crippen LogP contribution in [0.4, 0.5) is 20.6 Å². The maximum absolute atomic E-state index is 14.0. The number of para-hydroxylation sites is 1. The first-order chi connectivity index (χ1) is 12.1. The van der Waals surface area contributed by atoms with Crippen molar-refractivity contribution < 1.29 is 9.18 Å². The van der Waals surface area contributed by atoms with Crippen molar-refractivity contribution in [2.75, 3.05) is 29.9 Å². The standard InChI is InChI=1S/C18H22FN5O/c1-3-17-20-10-14(11-21-17)22-18(25)23-8-9-24(13(2)12-23)16-7-5-4-6-15(16)19/h4-7,10-11,13H,3,8-9,12H2,1-2H3,(H,22,25). The molecule has 3 rings (SSSR count). The predicted octanol–water partition coefficient (Wildman–Crippen LogP) is 2.92. The van der Waals surface area contributed by atoms with Crippen LogP contribution < -0.4 is 10.2 Å². The van der Waals surface area contributed by atoms with Crippen LogP contribution in [0.15, 0.2) is 36.7 Å². The summed E-state index contributed by atoms with van der Waals surface area (Å²) in [5, 5.41) is 2.82. The molecule has 1 aliphatic heterocycles. The Labute approximate surface area is 146 Å². The summed E-state index contributed by atoms with van der Waals surface area (Å²) in [5.41, 5.74) is 1.16. The Kier molecular flexibility index (Phi) is 5.11. The van der Waals surface area contributed by atoms with Crippen molar-refractivity contribution in [1.29, 1.82) is 0 Å². The molecule has 25 heavy (non-hydrogen) atoms. The molecular weight excluding hydrogens is 321 g/mol. The molecule has 132 valence electrons. The molecule has 0 saturated carbocycles. The fraction of sp³-hybridized carbons (Fsp3) is 0.389. The number of hydrogen-bond acceptors (Lipinski definition) is 4. The predicted molar refractivity (Wildman–Crippen MR) is 95.2 cm³/mol. The average molecular weight is 343 g/mol. The number of aryl methyl sites for hydroxylation is 1. The molecule has 0 radical (unpaired) electrons. The second-order valence-corrected chi connectivity index (χ2v) is 6.11. The Morgan fingerprint density at radius 2 is 2.00 bits per heavy atom. The number of nitrogens with one attached hydrogen (secondary N) is 1. The Morgan fingerprint density at radius 3 is 2.64 bits per heavy atom. The molecule has 0 aliphatic carbocycles. The van der Waals surface area contributed by atoms with E-state index in [0.29, 0.717) is 31.0 Å². The third-order valence-electron chi connectivity index (χ3n) is 4.35. The summed E-state index contributed by atoms with van der Waals surface area (Å²) < 4.78 is 14.0. The Bertz CT molecular complexity index is 737. The lowest BCUT2D eigenvalue weighted by Crippen LogP contribution is -2.55. The summed E-state index contributed by atoms with van der Waals surface area (Å²) in [6.45, 7) is 5.60. The maximum Gasteiger partial charge on any atom is 0.322 e. The zero-order valence-electron chi connectivity index (χ0n) is 14.4. The number of rotatable bonds is 3. The van der Waals surface area contributed by atoms with E-state index in [2.05, 4.69) is 15.3 Å². The van der Waals surface area contributed by atoms with Crippen LogP contribution in [0.2, 0.25) is 0 Å². The third kappa shape index (κ3) is 3.87. The largest absolute Gasteiger partial charge is 0.363 e. The van der Waals surface area contributed by atoms with Crippen molar-refractivity contribution in [3.8, 4) is 0 Å². The minimum absolute atomic E-state index is 0.0233. The van der Waals surface area contributed by atoms with Gasteiger partial charge in [-0.15, -0.1) is 0 Å². The Balaban J connectivity index is 1.62. The van der Waals surface area contributed by atoms with E-state index in [1.165, 1.54) is 6.07 Å². The summed E-state index contributed by atoms with van der Waals surface area (Å²) >= 11 is 0. The van der Waals surface area contributed by atoms with Crippen LogP contribution in [0.5, 0.6) is 0 Å². The van der Waals surface area contributed by atoms with Crippen LogP contribution >= 0.6 is 0 Å². The van der Waals surface area contributed by atoms with E-state index >= 15 is 0 Å². The number of piperazine rings is 1. The van der Waals surface area contributed by atoms with Crippen molar-refractivity contribution in [3.63, 3.8) is 0 Å². The fourth-order valence-corrected chi connectivity index (χ4v) is 2.99. The summed E-state index contributed by atoms with van der Waals surface area (Å²) in [6, 6.07) is 6.57. The molecule has 2 heterocycles. The van der Waals surface area contributed by atoms with Crippen molar-refractivity contribution >= 4 is 17.4 Å². The number of urea groups is 1. The minimum Gasteiger partial charge on any atom is -0.363 e. The van der Waals surface area contributed by atoms with Gasteiger partial charge in [-0.2, -0.15) is 0 Å². The van der Waals surface area contributed by atoms with Gasteiger partial charge in [-0.25, -0.2) is 19.2 Å². The molecule has 7 heteroatoms. The van der Waals surface area contributed by atoms with Crippen molar-refractivity contribution in [2.45, 2.75) is 26.3 Å². The van der Waals surface area contributed by atoms with E-state index in [1.807, 2.05) is 24.8 Å². The number of nitrogens with zero attached hydrogens (tertiary/aromatic N) is 4. The second-order valence-electron chi connectivity index (χ2n) is 6.11. The molecule has 1 unspecified atom stereocenters. The highest BCUT2D eigenvalue weighted by molar-refractivity contribution is 5.89. The fourth-order valence-electron chi connectivity index (χ4n) is 2.99. The molecule has 1 atom stereocenters. The van der Waals surface area contributed by atoms with Crippen molar-refractivity contribution in [2.24, 2.45) is 0 Å². The van der Waals surface area contributed by atoms with Crippen LogP contribution in [0, 0.1) is 5.82 Å². The first-order valence-corrected chi connectivity index (χ1v) is 8.46. The van der Waals surface area contributed by atoms with Gasteiger partial charge in [-0.3, -0.25) is 0 Å². The van der Waals surface area contributed by atoms with Crippen LogP contribution in [-0.4, -0.2) is 46.6 Å². The van der Waals surface area contributed by atoms with Gasteiger partial charge in [0, 0.05) is 32.1 Å². The Hall–Kier alpha value is -2.70. The molecular formula is C18H22FN5O. The normalized spacial score (nSPS) is 17.5. The lowest BCUT2D eigenvalue weighted by Gasteiger charge is -2.41. The first-order valence-electron chi connectivity index (χ1n) is 8.46. The first kappa shape index (κ1) is 17.1. The van der Waals surface area contributed by atoms with Crippen LogP contribution in [-0.2, 0) is 6.42 Å². The lowest BCUT2D eigenvalue weighted by atomic mass is 10.1. The van der Waals surface area contributed by atoms with E-state index in [9.17, 15) is 9.18 Å². The molecule has 1 aliphatic rings. The molecule has 0 spiro atoms. The monoisotopic (exact) mass is 343 g/mol. The number of carbonyl (C=O) groups excluding carboxylic acids is 1. The highest BCUT2D eigenvalue weighted by Gasteiger charge is 2.28. The highest BCUT2D eigenvalue weighted by Crippen LogP contribution is 2.23. The van der Waals surface area contributed by atoms with Crippen LogP contribution in [0.1, 0.15) is 19.7 Å². The van der Waals surface area contributed by atoms with Gasteiger partial charge < -0.3 is 15.1 Å². The number of halogens is 1. The second kappa shape index (κ2) is 7.46. The van der Waals surface area contributed by atoms with Gasteiger partial charge >= 0.3 is 6.03 Å². The molecule has 2 amide bonds. The van der Waals surface area contributed by atoms with E-state index < -0.39 is 0 Å². The number of carbonyl (C=O) groups is 1. The van der Waals surface area contributed by atoms with Gasteiger partial charge in [0.25, 0.3) is 0 Å². The van der Waals surface area contributed by atoms with E-state index in [4.69, 9.17) is 0 Å². The average Bonchev–Trinajstić information content (AvgIpc) is 2.63. The molecule has 6 nitrogen and oxygen atoms in total. The maximum atomic E-state index is 14.0. The molecule has 1 saturated heterocycles. The molecule has 1 fully saturated rings. The van der Waals surface area contributed by atoms with E-state index in [1.54, 1.807) is 29.4 Å². The molecule has 1 aromatic heterocycles. The van der Waals surface area contributed by atoms with Crippen LogP contribution in [0.3, 0.4) is 0 Å². The van der Waals surface area contributed by atoms with Crippen molar-refractivity contribution in [1.82, 2.24) is 14.9 Å². The smallest absolute Gasteiger partial charge is 0.322 e.